The second-order valence-corrected chi connectivity index (χ2v) is 8.93. The summed E-state index contributed by atoms with van der Waals surface area (Å²) < 4.78 is 34.0. The summed E-state index contributed by atoms with van der Waals surface area (Å²) in [6.45, 7) is 1.65. The molecular formula is C30H38O10. The van der Waals surface area contributed by atoms with E-state index in [0.717, 1.165) is 11.1 Å². The van der Waals surface area contributed by atoms with Gasteiger partial charge in [0, 0.05) is 19.6 Å². The third-order valence-electron chi connectivity index (χ3n) is 6.64. The zero-order chi connectivity index (χ0) is 29.2. The van der Waals surface area contributed by atoms with Crippen LogP contribution in [0.1, 0.15) is 41.7 Å². The number of aliphatic hydroxyl groups is 2. The Morgan fingerprint density at radius 2 is 1.15 bits per heavy atom. The van der Waals surface area contributed by atoms with E-state index in [2.05, 4.69) is 0 Å². The molecule has 3 rings (SSSR count). The zero-order valence-corrected chi connectivity index (χ0v) is 23.4. The first-order valence-electron chi connectivity index (χ1n) is 12.8. The van der Waals surface area contributed by atoms with Gasteiger partial charge in [0.05, 0.1) is 40.6 Å². The number of rotatable bonds is 15. The summed E-state index contributed by atoms with van der Waals surface area (Å²) in [6, 6.07) is 14.9. The van der Waals surface area contributed by atoms with E-state index < -0.39 is 24.2 Å². The predicted molar refractivity (Wildman–Crippen MR) is 148 cm³/mol. The molecule has 4 atom stereocenters. The van der Waals surface area contributed by atoms with Crippen molar-refractivity contribution in [3.05, 3.63) is 71.3 Å². The van der Waals surface area contributed by atoms with Crippen molar-refractivity contribution in [2.75, 3.05) is 48.3 Å². The molecule has 3 aromatic carbocycles. The predicted octanol–water partition coefficient (Wildman–Crippen LogP) is 4.10. The van der Waals surface area contributed by atoms with E-state index >= 15 is 0 Å². The largest absolute Gasteiger partial charge is 0.504 e. The Kier molecular flexibility index (Phi) is 11.3. The van der Waals surface area contributed by atoms with E-state index in [-0.39, 0.29) is 30.5 Å². The molecule has 0 aliphatic carbocycles. The second-order valence-electron chi connectivity index (χ2n) is 8.93. The van der Waals surface area contributed by atoms with Crippen LogP contribution in [0.2, 0.25) is 0 Å². The molecule has 0 radical (unpaired) electrons. The summed E-state index contributed by atoms with van der Waals surface area (Å²) in [5.41, 5.74) is 2.09. The Morgan fingerprint density at radius 3 is 1.68 bits per heavy atom. The molecule has 0 amide bonds. The Balaban J connectivity index is 1.94. The molecule has 10 heteroatoms. The Morgan fingerprint density at radius 1 is 0.625 bits per heavy atom. The van der Waals surface area contributed by atoms with Crippen LogP contribution in [0.15, 0.2) is 54.6 Å². The van der Waals surface area contributed by atoms with Crippen molar-refractivity contribution in [2.24, 2.45) is 0 Å². The van der Waals surface area contributed by atoms with E-state index in [4.69, 9.17) is 28.4 Å². The topological polar surface area (TPSA) is 136 Å². The molecule has 10 nitrogen and oxygen atoms in total. The normalized spacial score (nSPS) is 14.2. The lowest BCUT2D eigenvalue weighted by molar-refractivity contribution is -0.0265. The number of phenolic OH excluding ortho intramolecular Hbond substituents is 2. The molecule has 0 heterocycles. The third kappa shape index (κ3) is 6.89. The number of hydrogen-bond donors (Lipinski definition) is 4. The first kappa shape index (κ1) is 30.8. The number of aliphatic hydroxyl groups excluding tert-OH is 2. The fraction of sp³-hybridized carbons (Fsp3) is 0.400. The molecule has 0 aliphatic heterocycles. The number of phenols is 2. The number of aromatic hydroxyl groups is 2. The van der Waals surface area contributed by atoms with Gasteiger partial charge in [-0.15, -0.1) is 0 Å². The van der Waals surface area contributed by atoms with Gasteiger partial charge in [0.25, 0.3) is 0 Å². The van der Waals surface area contributed by atoms with Crippen LogP contribution < -0.4 is 18.9 Å². The highest BCUT2D eigenvalue weighted by Crippen LogP contribution is 2.41. The molecule has 0 unspecified atom stereocenters. The summed E-state index contributed by atoms with van der Waals surface area (Å²) in [6.07, 6.45) is -2.07. The van der Waals surface area contributed by atoms with Crippen molar-refractivity contribution in [2.45, 2.75) is 31.2 Å². The second kappa shape index (κ2) is 14.6. The van der Waals surface area contributed by atoms with E-state index in [1.807, 2.05) is 6.92 Å². The van der Waals surface area contributed by atoms with Crippen LogP contribution in [0.3, 0.4) is 0 Å². The van der Waals surface area contributed by atoms with Crippen molar-refractivity contribution >= 4 is 0 Å². The van der Waals surface area contributed by atoms with Crippen LogP contribution >= 0.6 is 0 Å². The molecule has 0 fully saturated rings. The lowest BCUT2D eigenvalue weighted by atomic mass is 9.89. The summed E-state index contributed by atoms with van der Waals surface area (Å²) >= 11 is 0. The average molecular weight is 559 g/mol. The maximum absolute atomic E-state index is 10.3. The van der Waals surface area contributed by atoms with Crippen LogP contribution in [-0.4, -0.2) is 74.8 Å². The lowest BCUT2D eigenvalue weighted by Gasteiger charge is -2.29. The third-order valence-corrected chi connectivity index (χ3v) is 6.64. The Bertz CT molecular complexity index is 1230. The van der Waals surface area contributed by atoms with Crippen LogP contribution in [0, 0.1) is 0 Å². The van der Waals surface area contributed by atoms with E-state index in [1.54, 1.807) is 42.5 Å². The van der Waals surface area contributed by atoms with Gasteiger partial charge < -0.3 is 48.8 Å². The van der Waals surface area contributed by atoms with Crippen molar-refractivity contribution in [1.29, 1.82) is 0 Å². The molecule has 218 valence electrons. The summed E-state index contributed by atoms with van der Waals surface area (Å²) in [4.78, 5) is 0. The highest BCUT2D eigenvalue weighted by Gasteiger charge is 2.29. The van der Waals surface area contributed by atoms with Gasteiger partial charge in [0.1, 0.15) is 6.10 Å². The minimum absolute atomic E-state index is 0.00220. The van der Waals surface area contributed by atoms with Crippen LogP contribution in [0.4, 0.5) is 0 Å². The quantitative estimate of drug-likeness (QED) is 0.216. The number of benzene rings is 3. The van der Waals surface area contributed by atoms with Crippen LogP contribution in [0.5, 0.6) is 34.5 Å². The van der Waals surface area contributed by atoms with Gasteiger partial charge in [-0.3, -0.25) is 0 Å². The fourth-order valence-electron chi connectivity index (χ4n) is 4.62. The van der Waals surface area contributed by atoms with Gasteiger partial charge in [-0.05, 0) is 60.0 Å². The number of methoxy groups -OCH3 is 4. The molecular weight excluding hydrogens is 520 g/mol. The highest BCUT2D eigenvalue weighted by molar-refractivity contribution is 5.47. The van der Waals surface area contributed by atoms with E-state index in [0.29, 0.717) is 29.4 Å². The number of hydrogen-bond acceptors (Lipinski definition) is 10. The molecule has 0 aliphatic rings. The van der Waals surface area contributed by atoms with Crippen molar-refractivity contribution < 1.29 is 48.8 Å². The molecule has 0 spiro atoms. The van der Waals surface area contributed by atoms with Gasteiger partial charge in [0.15, 0.2) is 40.6 Å². The van der Waals surface area contributed by atoms with Crippen molar-refractivity contribution in [1.82, 2.24) is 0 Å². The Hall–Kier alpha value is -3.70. The van der Waals surface area contributed by atoms with Gasteiger partial charge in [0.2, 0.25) is 0 Å². The van der Waals surface area contributed by atoms with Crippen LogP contribution in [0.25, 0.3) is 0 Å². The highest BCUT2D eigenvalue weighted by atomic mass is 16.6. The monoisotopic (exact) mass is 558 g/mol. The van der Waals surface area contributed by atoms with Gasteiger partial charge in [-0.2, -0.15) is 0 Å². The minimum Gasteiger partial charge on any atom is -0.504 e. The number of ether oxygens (including phenoxy) is 6. The van der Waals surface area contributed by atoms with Crippen LogP contribution in [-0.2, 0) is 9.47 Å². The molecule has 40 heavy (non-hydrogen) atoms. The summed E-state index contributed by atoms with van der Waals surface area (Å²) in [5, 5.41) is 40.5. The minimum atomic E-state index is -0.823. The van der Waals surface area contributed by atoms with E-state index in [1.165, 1.54) is 40.6 Å². The summed E-state index contributed by atoms with van der Waals surface area (Å²) in [7, 11) is 5.91. The van der Waals surface area contributed by atoms with Gasteiger partial charge in [-0.25, -0.2) is 0 Å². The molecule has 3 aromatic rings. The smallest absolute Gasteiger partial charge is 0.161 e. The maximum Gasteiger partial charge on any atom is 0.161 e. The average Bonchev–Trinajstić information content (AvgIpc) is 2.98. The molecule has 0 saturated carbocycles. The van der Waals surface area contributed by atoms with Gasteiger partial charge in [-0.1, -0.05) is 18.2 Å². The first-order valence-corrected chi connectivity index (χ1v) is 12.8. The van der Waals surface area contributed by atoms with E-state index in [9.17, 15) is 20.4 Å². The standard InChI is InChI=1S/C30H38O10/c1-6-39-29(21(16-31)18-7-10-22(33)25(13-18)35-2)19-9-12-24(27(15-19)37-4)40-28(17-32)30(38-5)20-8-11-23(34)26(14-20)36-3/h7-15,21,28-34H,6,16-17H2,1-5H3/t21-,28+,29-,30+/m1/s1. The zero-order valence-electron chi connectivity index (χ0n) is 23.4. The molecule has 4 N–H and O–H groups in total. The lowest BCUT2D eigenvalue weighted by Crippen LogP contribution is -2.30. The molecule has 0 saturated heterocycles. The first-order chi connectivity index (χ1) is 19.3. The maximum atomic E-state index is 10.3. The van der Waals surface area contributed by atoms with Crippen molar-refractivity contribution in [3.8, 4) is 34.5 Å². The Labute approximate surface area is 234 Å². The SMILES string of the molecule is CCO[C@H](c1ccc(O[C@@H](CO)[C@@H](OC)c2ccc(O)c(OC)c2)c(OC)c1)[C@H](CO)c1ccc(O)c(OC)c1. The fourth-order valence-corrected chi connectivity index (χ4v) is 4.62. The summed E-state index contributed by atoms with van der Waals surface area (Å²) in [5.74, 6) is 0.817. The van der Waals surface area contributed by atoms with Gasteiger partial charge >= 0.3 is 0 Å². The molecule has 0 bridgehead atoms. The van der Waals surface area contributed by atoms with Crippen molar-refractivity contribution in [3.63, 3.8) is 0 Å². The molecule has 0 aromatic heterocycles.